The molecule has 3 rings (SSSR count). The highest BCUT2D eigenvalue weighted by molar-refractivity contribution is 5.86. The second-order valence-electron chi connectivity index (χ2n) is 6.07. The lowest BCUT2D eigenvalue weighted by molar-refractivity contribution is 0.627. The highest BCUT2D eigenvalue weighted by Crippen LogP contribution is 2.25. The Labute approximate surface area is 117 Å². The fourth-order valence-electron chi connectivity index (χ4n) is 2.33. The molecular formula is C14H20N6. The molecule has 0 atom stereocenters. The van der Waals surface area contributed by atoms with E-state index in [-0.39, 0.29) is 5.54 Å². The third-order valence-corrected chi connectivity index (χ3v) is 3.10. The molecule has 0 saturated carbocycles. The minimum absolute atomic E-state index is 0.0264. The second kappa shape index (κ2) is 4.47. The van der Waals surface area contributed by atoms with Gasteiger partial charge in [0.05, 0.1) is 12.0 Å². The number of H-pyrrole nitrogens is 1. The smallest absolute Gasteiger partial charge is 0.182 e. The Hall–Kier alpha value is -2.11. The first-order valence-corrected chi connectivity index (χ1v) is 6.97. The van der Waals surface area contributed by atoms with Crippen LogP contribution >= 0.6 is 0 Å². The van der Waals surface area contributed by atoms with Crippen LogP contribution in [0.2, 0.25) is 0 Å². The van der Waals surface area contributed by atoms with E-state index in [9.17, 15) is 0 Å². The predicted octanol–water partition coefficient (Wildman–Crippen LogP) is 2.77. The van der Waals surface area contributed by atoms with Crippen LogP contribution in [0.1, 0.15) is 39.8 Å². The van der Waals surface area contributed by atoms with Crippen molar-refractivity contribution < 1.29 is 0 Å². The molecule has 2 N–H and O–H groups in total. The van der Waals surface area contributed by atoms with Gasteiger partial charge in [-0.25, -0.2) is 15.0 Å². The van der Waals surface area contributed by atoms with Crippen LogP contribution in [0.5, 0.6) is 0 Å². The Morgan fingerprint density at radius 3 is 2.80 bits per heavy atom. The summed E-state index contributed by atoms with van der Waals surface area (Å²) in [5.74, 6) is 1.03. The monoisotopic (exact) mass is 272 g/mol. The molecule has 20 heavy (non-hydrogen) atoms. The van der Waals surface area contributed by atoms with Crippen molar-refractivity contribution in [3.63, 3.8) is 0 Å². The zero-order valence-electron chi connectivity index (χ0n) is 12.4. The summed E-state index contributed by atoms with van der Waals surface area (Å²) in [6.45, 7) is 8.59. The van der Waals surface area contributed by atoms with Crippen molar-refractivity contribution in [3.05, 3.63) is 18.3 Å². The van der Waals surface area contributed by atoms with Crippen molar-refractivity contribution >= 4 is 22.6 Å². The van der Waals surface area contributed by atoms with Crippen molar-refractivity contribution in [2.24, 2.45) is 0 Å². The molecule has 0 aliphatic heterocycles. The molecule has 0 spiro atoms. The summed E-state index contributed by atoms with van der Waals surface area (Å²) in [6.07, 6.45) is 5.44. The highest BCUT2D eigenvalue weighted by Gasteiger charge is 2.19. The van der Waals surface area contributed by atoms with Crippen molar-refractivity contribution in [1.29, 1.82) is 0 Å². The Morgan fingerprint density at radius 1 is 1.30 bits per heavy atom. The molecule has 0 aliphatic carbocycles. The normalized spacial score (nSPS) is 12.4. The lowest BCUT2D eigenvalue weighted by Crippen LogP contribution is -2.27. The van der Waals surface area contributed by atoms with Gasteiger partial charge in [-0.05, 0) is 27.2 Å². The third-order valence-electron chi connectivity index (χ3n) is 3.10. The number of fused-ring (bicyclic) bond motifs is 3. The predicted molar refractivity (Wildman–Crippen MR) is 80.0 cm³/mol. The number of aromatic amines is 1. The SMILES string of the molecule is CCCc1nc2c3[nH]cnc3ncn2c1NC(C)(C)C. The summed E-state index contributed by atoms with van der Waals surface area (Å²) >= 11 is 0. The quantitative estimate of drug-likeness (QED) is 0.769. The van der Waals surface area contributed by atoms with Gasteiger partial charge in [0.2, 0.25) is 0 Å². The van der Waals surface area contributed by atoms with Crippen LogP contribution in [0, 0.1) is 0 Å². The van der Waals surface area contributed by atoms with E-state index in [0.29, 0.717) is 5.65 Å². The molecule has 3 heterocycles. The zero-order chi connectivity index (χ0) is 14.3. The summed E-state index contributed by atoms with van der Waals surface area (Å²) in [4.78, 5) is 16.5. The van der Waals surface area contributed by atoms with E-state index >= 15 is 0 Å². The van der Waals surface area contributed by atoms with Gasteiger partial charge in [0, 0.05) is 5.54 Å². The number of aryl methyl sites for hydroxylation is 1. The Kier molecular flexibility index (Phi) is 2.88. The fourth-order valence-corrected chi connectivity index (χ4v) is 2.33. The molecule has 0 aliphatic rings. The van der Waals surface area contributed by atoms with E-state index < -0.39 is 0 Å². The van der Waals surface area contributed by atoms with Gasteiger partial charge < -0.3 is 10.3 Å². The van der Waals surface area contributed by atoms with Gasteiger partial charge in [0.15, 0.2) is 11.3 Å². The number of nitrogens with zero attached hydrogens (tertiary/aromatic N) is 4. The van der Waals surface area contributed by atoms with Gasteiger partial charge in [0.1, 0.15) is 17.7 Å². The molecule has 0 bridgehead atoms. The molecule has 0 radical (unpaired) electrons. The summed E-state index contributed by atoms with van der Waals surface area (Å²) in [6, 6.07) is 0. The minimum atomic E-state index is -0.0264. The lowest BCUT2D eigenvalue weighted by atomic mass is 10.1. The maximum absolute atomic E-state index is 4.78. The average Bonchev–Trinajstić information content (AvgIpc) is 2.93. The summed E-state index contributed by atoms with van der Waals surface area (Å²) in [5, 5.41) is 3.54. The molecule has 0 saturated heterocycles. The van der Waals surface area contributed by atoms with Gasteiger partial charge in [-0.1, -0.05) is 13.3 Å². The third kappa shape index (κ3) is 2.11. The van der Waals surface area contributed by atoms with Crippen LogP contribution in [0.15, 0.2) is 12.7 Å². The number of aromatic nitrogens is 5. The minimum Gasteiger partial charge on any atom is -0.365 e. The van der Waals surface area contributed by atoms with Crippen molar-refractivity contribution in [1.82, 2.24) is 24.3 Å². The number of rotatable bonds is 3. The fraction of sp³-hybridized carbons (Fsp3) is 0.500. The number of nitrogens with one attached hydrogen (secondary N) is 2. The molecule has 3 aromatic rings. The number of hydrogen-bond donors (Lipinski definition) is 2. The molecule has 0 fully saturated rings. The number of anilines is 1. The zero-order valence-corrected chi connectivity index (χ0v) is 12.4. The molecular weight excluding hydrogens is 252 g/mol. The van der Waals surface area contributed by atoms with E-state index in [1.54, 1.807) is 12.7 Å². The first-order valence-electron chi connectivity index (χ1n) is 6.97. The largest absolute Gasteiger partial charge is 0.365 e. The summed E-state index contributed by atoms with van der Waals surface area (Å²) < 4.78 is 2.01. The molecule has 3 aromatic heterocycles. The first kappa shape index (κ1) is 12.9. The van der Waals surface area contributed by atoms with E-state index in [2.05, 4.69) is 48.0 Å². The molecule has 0 aromatic carbocycles. The van der Waals surface area contributed by atoms with Crippen LogP contribution in [0.3, 0.4) is 0 Å². The molecule has 6 heteroatoms. The van der Waals surface area contributed by atoms with E-state index in [4.69, 9.17) is 4.98 Å². The van der Waals surface area contributed by atoms with Crippen LogP contribution in [0.4, 0.5) is 5.82 Å². The maximum Gasteiger partial charge on any atom is 0.182 e. The molecule has 106 valence electrons. The van der Waals surface area contributed by atoms with Gasteiger partial charge >= 0.3 is 0 Å². The second-order valence-corrected chi connectivity index (χ2v) is 6.07. The van der Waals surface area contributed by atoms with E-state index in [0.717, 1.165) is 35.5 Å². The van der Waals surface area contributed by atoms with Gasteiger partial charge in [-0.15, -0.1) is 0 Å². The first-order chi connectivity index (χ1) is 9.49. The Bertz CT molecular complexity index is 746. The van der Waals surface area contributed by atoms with Crippen LogP contribution in [-0.2, 0) is 6.42 Å². The Balaban J connectivity index is 2.26. The number of imidazole rings is 2. The highest BCUT2D eigenvalue weighted by atomic mass is 15.2. The van der Waals surface area contributed by atoms with Gasteiger partial charge in [-0.2, -0.15) is 0 Å². The average molecular weight is 272 g/mol. The van der Waals surface area contributed by atoms with Gasteiger partial charge in [0.25, 0.3) is 0 Å². The van der Waals surface area contributed by atoms with E-state index in [1.807, 2.05) is 4.40 Å². The van der Waals surface area contributed by atoms with Crippen molar-refractivity contribution in [3.8, 4) is 0 Å². The van der Waals surface area contributed by atoms with Crippen molar-refractivity contribution in [2.45, 2.75) is 46.1 Å². The van der Waals surface area contributed by atoms with Crippen LogP contribution < -0.4 is 5.32 Å². The topological polar surface area (TPSA) is 70.9 Å². The molecule has 0 unspecified atom stereocenters. The molecule has 0 amide bonds. The standard InChI is InChI=1S/C14H20N6/c1-5-6-9-12(19-14(2,3)4)20-8-17-11-10(13(20)18-9)15-7-16-11/h7-8,19H,5-6H2,1-4H3,(H,15,16). The summed E-state index contributed by atoms with van der Waals surface area (Å²) in [7, 11) is 0. The van der Waals surface area contributed by atoms with Crippen molar-refractivity contribution in [2.75, 3.05) is 5.32 Å². The van der Waals surface area contributed by atoms with Gasteiger partial charge in [-0.3, -0.25) is 4.40 Å². The summed E-state index contributed by atoms with van der Waals surface area (Å²) in [5.41, 5.74) is 3.51. The number of hydrogen-bond acceptors (Lipinski definition) is 4. The van der Waals surface area contributed by atoms with Crippen LogP contribution in [0.25, 0.3) is 16.8 Å². The van der Waals surface area contributed by atoms with Crippen LogP contribution in [-0.4, -0.2) is 29.9 Å². The lowest BCUT2D eigenvalue weighted by Gasteiger charge is -2.22. The maximum atomic E-state index is 4.78. The van der Waals surface area contributed by atoms with E-state index in [1.165, 1.54) is 0 Å². The Morgan fingerprint density at radius 2 is 2.10 bits per heavy atom. The molecule has 6 nitrogen and oxygen atoms in total.